The molecule has 6 atom stereocenters. The second kappa shape index (κ2) is 7.05. The van der Waals surface area contributed by atoms with Crippen LogP contribution in [0.25, 0.3) is 0 Å². The van der Waals surface area contributed by atoms with Crippen molar-refractivity contribution in [1.82, 2.24) is 0 Å². The number of fused-ring (bicyclic) bond motifs is 5. The van der Waals surface area contributed by atoms with Gasteiger partial charge in [-0.15, -0.1) is 0 Å². The first-order valence-electron chi connectivity index (χ1n) is 12.3. The van der Waals surface area contributed by atoms with Crippen molar-refractivity contribution in [3.8, 4) is 0 Å². The number of Topliss-reactive ketones (excluding diaryl/α,β-unsaturated/α-hetero) is 1. The summed E-state index contributed by atoms with van der Waals surface area (Å²) in [5.74, 6) is 3.27. The third-order valence-corrected chi connectivity index (χ3v) is 14.8. The standard InChI is InChI=1S/C26H44O2Si/c1-18-9-8-15-26(17-28-29(6,7)24(2,3)4)20(18)11-10-19-21-12-13-23(27)25(21,5)16-14-22(19)26/h11,18-19,21-22H,8-10,12-17H2,1-7H3/t18-,19-,21-,22-,25-,26+/m0/s1. The Hall–Kier alpha value is -0.413. The highest BCUT2D eigenvalue weighted by Gasteiger charge is 2.60. The molecule has 3 heteroatoms. The minimum atomic E-state index is -1.78. The number of hydrogen-bond donors (Lipinski definition) is 0. The van der Waals surface area contributed by atoms with Crippen molar-refractivity contribution < 1.29 is 9.22 Å². The monoisotopic (exact) mass is 416 g/mol. The van der Waals surface area contributed by atoms with Crippen molar-refractivity contribution >= 4 is 14.1 Å². The van der Waals surface area contributed by atoms with Crippen LogP contribution in [-0.2, 0) is 9.22 Å². The van der Waals surface area contributed by atoms with Gasteiger partial charge in [0.2, 0.25) is 0 Å². The highest BCUT2D eigenvalue weighted by Crippen LogP contribution is 2.65. The number of carbonyl (C=O) groups excluding carboxylic acids is 1. The molecule has 0 heterocycles. The van der Waals surface area contributed by atoms with E-state index in [1.807, 2.05) is 0 Å². The Kier molecular flexibility index (Phi) is 5.30. The predicted octanol–water partition coefficient (Wildman–Crippen LogP) is 7.16. The molecule has 0 aliphatic heterocycles. The van der Waals surface area contributed by atoms with Crippen LogP contribution < -0.4 is 0 Å². The van der Waals surface area contributed by atoms with E-state index in [0.29, 0.717) is 23.5 Å². The van der Waals surface area contributed by atoms with Crippen LogP contribution in [0.5, 0.6) is 0 Å². The molecule has 0 aromatic heterocycles. The number of hydrogen-bond acceptors (Lipinski definition) is 2. The van der Waals surface area contributed by atoms with Gasteiger partial charge >= 0.3 is 0 Å². The zero-order chi connectivity index (χ0) is 21.2. The first-order chi connectivity index (χ1) is 13.4. The number of ketones is 1. The zero-order valence-corrected chi connectivity index (χ0v) is 21.1. The van der Waals surface area contributed by atoms with E-state index in [1.165, 1.54) is 32.1 Å². The van der Waals surface area contributed by atoms with Crippen molar-refractivity contribution in [1.29, 1.82) is 0 Å². The van der Waals surface area contributed by atoms with Gasteiger partial charge < -0.3 is 4.43 Å². The molecule has 0 amide bonds. The van der Waals surface area contributed by atoms with Gasteiger partial charge in [-0.3, -0.25) is 4.79 Å². The average Bonchev–Trinajstić information content (AvgIpc) is 2.94. The van der Waals surface area contributed by atoms with E-state index >= 15 is 0 Å². The lowest BCUT2D eigenvalue weighted by molar-refractivity contribution is -0.132. The van der Waals surface area contributed by atoms with Crippen LogP contribution in [0.3, 0.4) is 0 Å². The lowest BCUT2D eigenvalue weighted by atomic mass is 9.47. The van der Waals surface area contributed by atoms with E-state index in [-0.39, 0.29) is 15.9 Å². The van der Waals surface area contributed by atoms with Crippen LogP contribution in [0.1, 0.15) is 86.0 Å². The van der Waals surface area contributed by atoms with Crippen molar-refractivity contribution in [3.05, 3.63) is 11.6 Å². The van der Waals surface area contributed by atoms with E-state index < -0.39 is 8.32 Å². The summed E-state index contributed by atoms with van der Waals surface area (Å²) < 4.78 is 6.98. The van der Waals surface area contributed by atoms with Crippen molar-refractivity contribution in [3.63, 3.8) is 0 Å². The molecule has 0 radical (unpaired) electrons. The molecule has 4 aliphatic carbocycles. The normalized spacial score (nSPS) is 42.7. The third-order valence-electron chi connectivity index (χ3n) is 10.3. The van der Waals surface area contributed by atoms with E-state index in [1.54, 1.807) is 5.57 Å². The Bertz CT molecular complexity index is 702. The van der Waals surface area contributed by atoms with Crippen LogP contribution in [-0.4, -0.2) is 20.7 Å². The maximum Gasteiger partial charge on any atom is 0.192 e. The maximum atomic E-state index is 12.8. The summed E-state index contributed by atoms with van der Waals surface area (Å²) in [7, 11) is -1.78. The van der Waals surface area contributed by atoms with Gasteiger partial charge in [-0.2, -0.15) is 0 Å². The Morgan fingerprint density at radius 1 is 1.14 bits per heavy atom. The van der Waals surface area contributed by atoms with Gasteiger partial charge in [0, 0.05) is 23.9 Å². The summed E-state index contributed by atoms with van der Waals surface area (Å²) in [6.07, 6.45) is 12.1. The van der Waals surface area contributed by atoms with E-state index in [9.17, 15) is 4.79 Å². The summed E-state index contributed by atoms with van der Waals surface area (Å²) in [4.78, 5) is 12.8. The minimum Gasteiger partial charge on any atom is -0.416 e. The highest BCUT2D eigenvalue weighted by atomic mass is 28.4. The second-order valence-corrected chi connectivity index (χ2v) is 17.5. The molecule has 0 aromatic carbocycles. The quantitative estimate of drug-likeness (QED) is 0.360. The third kappa shape index (κ3) is 3.25. The summed E-state index contributed by atoms with van der Waals surface area (Å²) in [6.45, 7) is 17.6. The molecule has 3 saturated carbocycles. The molecule has 0 aromatic rings. The predicted molar refractivity (Wildman–Crippen MR) is 123 cm³/mol. The van der Waals surface area contributed by atoms with Crippen LogP contribution >= 0.6 is 0 Å². The summed E-state index contributed by atoms with van der Waals surface area (Å²) >= 11 is 0. The molecule has 0 unspecified atom stereocenters. The SMILES string of the molecule is C[C@H]1CCC[C@@]2(CO[Si](C)(C)C(C)(C)C)C1=CC[C@@H]1[C@@H]2CC[C@]2(C)C(=O)CC[C@@H]12. The molecule has 0 spiro atoms. The van der Waals surface area contributed by atoms with Crippen LogP contribution in [0, 0.1) is 34.5 Å². The van der Waals surface area contributed by atoms with Gasteiger partial charge in [-0.05, 0) is 80.3 Å². The average molecular weight is 417 g/mol. The zero-order valence-electron chi connectivity index (χ0n) is 20.1. The van der Waals surface area contributed by atoms with Crippen LogP contribution in [0.2, 0.25) is 18.1 Å². The van der Waals surface area contributed by atoms with Gasteiger partial charge in [0.1, 0.15) is 5.78 Å². The van der Waals surface area contributed by atoms with Gasteiger partial charge in [0.25, 0.3) is 0 Å². The van der Waals surface area contributed by atoms with Crippen LogP contribution in [0.4, 0.5) is 0 Å². The van der Waals surface area contributed by atoms with Gasteiger partial charge in [0.15, 0.2) is 8.32 Å². The molecule has 4 rings (SSSR count). The lowest BCUT2D eigenvalue weighted by Gasteiger charge is -2.59. The fraction of sp³-hybridized carbons (Fsp3) is 0.885. The molecule has 29 heavy (non-hydrogen) atoms. The fourth-order valence-corrected chi connectivity index (χ4v) is 8.49. The van der Waals surface area contributed by atoms with Crippen molar-refractivity contribution in [2.45, 2.75) is 104 Å². The fourth-order valence-electron chi connectivity index (χ4n) is 7.44. The number of allylic oxidation sites excluding steroid dienone is 1. The van der Waals surface area contributed by atoms with Gasteiger partial charge in [-0.1, -0.05) is 52.7 Å². The topological polar surface area (TPSA) is 26.3 Å². The van der Waals surface area contributed by atoms with Gasteiger partial charge in [0.05, 0.1) is 0 Å². The molecule has 0 N–H and O–H groups in total. The smallest absolute Gasteiger partial charge is 0.192 e. The number of carbonyl (C=O) groups is 1. The molecular weight excluding hydrogens is 372 g/mol. The Morgan fingerprint density at radius 3 is 2.55 bits per heavy atom. The first kappa shape index (κ1) is 21.8. The van der Waals surface area contributed by atoms with Crippen molar-refractivity contribution in [2.24, 2.45) is 34.5 Å². The molecule has 164 valence electrons. The van der Waals surface area contributed by atoms with E-state index in [4.69, 9.17) is 4.43 Å². The van der Waals surface area contributed by atoms with Crippen molar-refractivity contribution in [2.75, 3.05) is 6.61 Å². The Balaban J connectivity index is 1.68. The molecular formula is C26H44O2Si. The largest absolute Gasteiger partial charge is 0.416 e. The van der Waals surface area contributed by atoms with Gasteiger partial charge in [-0.25, -0.2) is 0 Å². The Morgan fingerprint density at radius 2 is 1.86 bits per heavy atom. The van der Waals surface area contributed by atoms with E-state index in [0.717, 1.165) is 31.8 Å². The highest BCUT2D eigenvalue weighted by molar-refractivity contribution is 6.74. The lowest BCUT2D eigenvalue weighted by Crippen LogP contribution is -2.55. The first-order valence-corrected chi connectivity index (χ1v) is 15.2. The summed E-state index contributed by atoms with van der Waals surface area (Å²) in [6, 6.07) is 0. The molecule has 3 fully saturated rings. The molecule has 0 bridgehead atoms. The van der Waals surface area contributed by atoms with E-state index in [2.05, 4.69) is 53.8 Å². The number of rotatable bonds is 3. The molecule has 4 aliphatic rings. The van der Waals surface area contributed by atoms with Crippen LogP contribution in [0.15, 0.2) is 11.6 Å². The second-order valence-electron chi connectivity index (χ2n) is 12.7. The summed E-state index contributed by atoms with van der Waals surface area (Å²) in [5.41, 5.74) is 1.94. The summed E-state index contributed by atoms with van der Waals surface area (Å²) in [5, 5.41) is 0.255. The molecule has 0 saturated heterocycles. The molecule has 2 nitrogen and oxygen atoms in total. The minimum absolute atomic E-state index is 0.0335. The Labute approximate surface area is 180 Å². The maximum absolute atomic E-state index is 12.8.